The Kier molecular flexibility index (Phi) is 4.72. The molecule has 0 fully saturated rings. The van der Waals surface area contributed by atoms with E-state index in [-0.39, 0.29) is 18.5 Å². The predicted molar refractivity (Wildman–Crippen MR) is 60.2 cm³/mol. The largest absolute Gasteiger partial charge is 0.469 e. The van der Waals surface area contributed by atoms with Gasteiger partial charge in [0.25, 0.3) is 0 Å². The highest BCUT2D eigenvalue weighted by molar-refractivity contribution is 5.77. The van der Waals surface area contributed by atoms with Crippen LogP contribution in [-0.2, 0) is 9.53 Å². The minimum atomic E-state index is -0.315. The topological polar surface area (TPSA) is 71.5 Å². The number of pyridine rings is 1. The Morgan fingerprint density at radius 2 is 2.38 bits per heavy atom. The molecule has 0 amide bonds. The molecule has 0 bridgehead atoms. The monoisotopic (exact) mass is 224 g/mol. The summed E-state index contributed by atoms with van der Waals surface area (Å²) in [5.41, 5.74) is 0.807. The highest BCUT2D eigenvalue weighted by Crippen LogP contribution is 2.16. The Morgan fingerprint density at radius 1 is 1.62 bits per heavy atom. The van der Waals surface area contributed by atoms with Gasteiger partial charge in [-0.2, -0.15) is 0 Å². The zero-order valence-corrected chi connectivity index (χ0v) is 9.43. The lowest BCUT2D eigenvalue weighted by Crippen LogP contribution is -2.12. The number of carbonyl (C=O) groups is 1. The second-order valence-corrected chi connectivity index (χ2v) is 3.37. The van der Waals surface area contributed by atoms with E-state index in [1.54, 1.807) is 19.2 Å². The molecule has 0 unspecified atom stereocenters. The lowest BCUT2D eigenvalue weighted by Gasteiger charge is -2.10. The Bertz CT molecular complexity index is 338. The van der Waals surface area contributed by atoms with Gasteiger partial charge in [0.2, 0.25) is 0 Å². The van der Waals surface area contributed by atoms with Crippen LogP contribution in [0.5, 0.6) is 0 Å². The van der Waals surface area contributed by atoms with Crippen molar-refractivity contribution < 1.29 is 14.6 Å². The maximum atomic E-state index is 11.3. The van der Waals surface area contributed by atoms with Crippen LogP contribution in [0.25, 0.3) is 0 Å². The number of carbonyl (C=O) groups excluding carboxylic acids is 1. The molecular formula is C11H16N2O3. The fraction of sp³-hybridized carbons (Fsp3) is 0.455. The molecule has 0 aliphatic heterocycles. The van der Waals surface area contributed by atoms with Gasteiger partial charge >= 0.3 is 5.97 Å². The number of hydrogen-bond acceptors (Lipinski definition) is 5. The molecule has 0 saturated heterocycles. The molecule has 0 aromatic carbocycles. The highest BCUT2D eigenvalue weighted by Gasteiger charge is 2.15. The molecule has 0 spiro atoms. The van der Waals surface area contributed by atoms with E-state index in [4.69, 9.17) is 5.11 Å². The average Bonchev–Trinajstić information content (AvgIpc) is 2.35. The highest BCUT2D eigenvalue weighted by atomic mass is 16.5. The molecule has 0 radical (unpaired) electrons. The van der Waals surface area contributed by atoms with Crippen LogP contribution in [0.15, 0.2) is 18.3 Å². The summed E-state index contributed by atoms with van der Waals surface area (Å²) in [6.45, 7) is 2.28. The quantitative estimate of drug-likeness (QED) is 0.722. The molecule has 0 aliphatic carbocycles. The lowest BCUT2D eigenvalue weighted by molar-refractivity contribution is -0.142. The van der Waals surface area contributed by atoms with Gasteiger partial charge in [-0.15, -0.1) is 0 Å². The van der Waals surface area contributed by atoms with Gasteiger partial charge in [-0.3, -0.25) is 4.79 Å². The molecule has 1 aromatic rings. The summed E-state index contributed by atoms with van der Waals surface area (Å²) in [5, 5.41) is 11.6. The third-order valence-electron chi connectivity index (χ3n) is 2.26. The summed E-state index contributed by atoms with van der Waals surface area (Å²) in [4.78, 5) is 15.4. The smallest absolute Gasteiger partial charge is 0.312 e. The molecule has 1 atom stereocenters. The number of aliphatic hydroxyl groups is 1. The number of aliphatic hydroxyl groups excluding tert-OH is 1. The van der Waals surface area contributed by atoms with Crippen molar-refractivity contribution in [2.45, 2.75) is 12.8 Å². The molecule has 1 heterocycles. The number of nitrogens with zero attached hydrogens (tertiary/aromatic N) is 1. The maximum Gasteiger partial charge on any atom is 0.312 e. The van der Waals surface area contributed by atoms with Crippen LogP contribution in [0.2, 0.25) is 0 Å². The number of ether oxygens (including phenoxy) is 1. The van der Waals surface area contributed by atoms with Gasteiger partial charge in [0.1, 0.15) is 5.82 Å². The Labute approximate surface area is 94.5 Å². The van der Waals surface area contributed by atoms with E-state index in [9.17, 15) is 4.79 Å². The van der Waals surface area contributed by atoms with Crippen molar-refractivity contribution in [2.24, 2.45) is 0 Å². The Morgan fingerprint density at radius 3 is 2.88 bits per heavy atom. The predicted octanol–water partition coefficient (Wildman–Crippen LogP) is 0.762. The maximum absolute atomic E-state index is 11.3. The van der Waals surface area contributed by atoms with Gasteiger partial charge in [-0.25, -0.2) is 4.98 Å². The summed E-state index contributed by atoms with van der Waals surface area (Å²) in [6.07, 6.45) is 1.63. The van der Waals surface area contributed by atoms with Crippen LogP contribution in [0.1, 0.15) is 18.4 Å². The van der Waals surface area contributed by atoms with Crippen LogP contribution in [-0.4, -0.2) is 36.3 Å². The second-order valence-electron chi connectivity index (χ2n) is 3.37. The molecule has 5 heteroatoms. The van der Waals surface area contributed by atoms with E-state index in [0.29, 0.717) is 12.4 Å². The zero-order valence-electron chi connectivity index (χ0n) is 9.43. The minimum absolute atomic E-state index is 0.0575. The van der Waals surface area contributed by atoms with E-state index >= 15 is 0 Å². The summed E-state index contributed by atoms with van der Waals surface area (Å²) in [7, 11) is 1.36. The molecule has 88 valence electrons. The molecule has 1 rings (SSSR count). The van der Waals surface area contributed by atoms with Gasteiger partial charge in [0.05, 0.1) is 19.6 Å². The molecule has 16 heavy (non-hydrogen) atoms. The lowest BCUT2D eigenvalue weighted by atomic mass is 10.0. The van der Waals surface area contributed by atoms with E-state index < -0.39 is 0 Å². The number of anilines is 1. The standard InChI is InChI=1S/C11H16N2O3/c1-8(11(15)16-2)9-3-4-10(13-7-9)12-5-6-14/h3-4,7-8,14H,5-6H2,1-2H3,(H,12,13)/t8-/m1/s1. The molecule has 0 aliphatic rings. The summed E-state index contributed by atoms with van der Waals surface area (Å²) in [6, 6.07) is 3.58. The van der Waals surface area contributed by atoms with Crippen LogP contribution in [0.4, 0.5) is 5.82 Å². The second kappa shape index (κ2) is 6.07. The Hall–Kier alpha value is -1.62. The first-order chi connectivity index (χ1) is 7.69. The van der Waals surface area contributed by atoms with E-state index in [1.165, 1.54) is 7.11 Å². The van der Waals surface area contributed by atoms with Crippen molar-refractivity contribution >= 4 is 11.8 Å². The molecule has 1 aromatic heterocycles. The van der Waals surface area contributed by atoms with Gasteiger partial charge in [-0.05, 0) is 18.6 Å². The summed E-state index contributed by atoms with van der Waals surface area (Å²) < 4.78 is 4.65. The van der Waals surface area contributed by atoms with Gasteiger partial charge in [0, 0.05) is 12.7 Å². The average molecular weight is 224 g/mol. The molecule has 2 N–H and O–H groups in total. The van der Waals surface area contributed by atoms with Crippen molar-refractivity contribution in [3.8, 4) is 0 Å². The first-order valence-corrected chi connectivity index (χ1v) is 5.07. The molecule has 0 saturated carbocycles. The fourth-order valence-corrected chi connectivity index (χ4v) is 1.26. The van der Waals surface area contributed by atoms with Crippen LogP contribution in [0, 0.1) is 0 Å². The third kappa shape index (κ3) is 3.20. The first kappa shape index (κ1) is 12.4. The number of nitrogens with one attached hydrogen (secondary N) is 1. The molecule has 5 nitrogen and oxygen atoms in total. The van der Waals surface area contributed by atoms with Crippen molar-refractivity contribution in [1.82, 2.24) is 4.98 Å². The minimum Gasteiger partial charge on any atom is -0.469 e. The van der Waals surface area contributed by atoms with E-state index in [2.05, 4.69) is 15.0 Å². The SMILES string of the molecule is COC(=O)[C@H](C)c1ccc(NCCO)nc1. The number of rotatable bonds is 5. The Balaban J connectivity index is 2.67. The van der Waals surface area contributed by atoms with Gasteiger partial charge in [-0.1, -0.05) is 6.07 Å². The summed E-state index contributed by atoms with van der Waals surface area (Å²) in [5.74, 6) is 0.0807. The van der Waals surface area contributed by atoms with Gasteiger partial charge in [0.15, 0.2) is 0 Å². The molecular weight excluding hydrogens is 208 g/mol. The van der Waals surface area contributed by atoms with Crippen LogP contribution < -0.4 is 5.32 Å². The van der Waals surface area contributed by atoms with Crippen molar-refractivity contribution in [1.29, 1.82) is 0 Å². The number of hydrogen-bond donors (Lipinski definition) is 2. The van der Waals surface area contributed by atoms with Crippen molar-refractivity contribution in [3.05, 3.63) is 23.9 Å². The number of aromatic nitrogens is 1. The van der Waals surface area contributed by atoms with E-state index in [1.807, 2.05) is 6.07 Å². The number of esters is 1. The summed E-state index contributed by atoms with van der Waals surface area (Å²) >= 11 is 0. The van der Waals surface area contributed by atoms with Gasteiger partial charge < -0.3 is 15.2 Å². The zero-order chi connectivity index (χ0) is 12.0. The van der Waals surface area contributed by atoms with Crippen molar-refractivity contribution in [2.75, 3.05) is 25.6 Å². The normalized spacial score (nSPS) is 11.9. The van der Waals surface area contributed by atoms with Crippen LogP contribution in [0.3, 0.4) is 0 Å². The fourth-order valence-electron chi connectivity index (χ4n) is 1.26. The van der Waals surface area contributed by atoms with E-state index in [0.717, 1.165) is 5.56 Å². The third-order valence-corrected chi connectivity index (χ3v) is 2.26. The van der Waals surface area contributed by atoms with Crippen LogP contribution >= 0.6 is 0 Å². The first-order valence-electron chi connectivity index (χ1n) is 5.07. The number of methoxy groups -OCH3 is 1. The van der Waals surface area contributed by atoms with Crippen molar-refractivity contribution in [3.63, 3.8) is 0 Å².